The zero-order valence-electron chi connectivity index (χ0n) is 9.88. The first-order chi connectivity index (χ1) is 9.18. The van der Waals surface area contributed by atoms with Crippen LogP contribution in [0.3, 0.4) is 0 Å². The first kappa shape index (κ1) is 13.3. The fourth-order valence-electron chi connectivity index (χ4n) is 1.46. The molecule has 0 aliphatic heterocycles. The molecular formula is C14H11BrN2O2. The number of hydrogen-bond donors (Lipinski definition) is 2. The second-order valence-electron chi connectivity index (χ2n) is 3.74. The summed E-state index contributed by atoms with van der Waals surface area (Å²) in [5.74, 6) is -0.208. The van der Waals surface area contributed by atoms with Crippen molar-refractivity contribution in [1.29, 1.82) is 0 Å². The maximum Gasteiger partial charge on any atom is 0.272 e. The van der Waals surface area contributed by atoms with Gasteiger partial charge in [0, 0.05) is 10.0 Å². The van der Waals surface area contributed by atoms with Crippen LogP contribution in [0.15, 0.2) is 58.1 Å². The van der Waals surface area contributed by atoms with E-state index in [4.69, 9.17) is 0 Å². The van der Waals surface area contributed by atoms with Gasteiger partial charge in [-0.05, 0) is 40.2 Å². The molecule has 0 bridgehead atoms. The van der Waals surface area contributed by atoms with Gasteiger partial charge in [-0.2, -0.15) is 5.10 Å². The predicted octanol–water partition coefficient (Wildman–Crippen LogP) is 2.92. The molecule has 0 aliphatic rings. The number of rotatable bonds is 3. The lowest BCUT2D eigenvalue weighted by Gasteiger charge is -2.02. The number of aromatic hydroxyl groups is 1. The average molecular weight is 319 g/mol. The van der Waals surface area contributed by atoms with Crippen LogP contribution in [0, 0.1) is 0 Å². The van der Waals surface area contributed by atoms with E-state index in [0.29, 0.717) is 15.6 Å². The van der Waals surface area contributed by atoms with E-state index in [0.717, 1.165) is 0 Å². The second-order valence-corrected chi connectivity index (χ2v) is 4.59. The Bertz CT molecular complexity index is 626. The molecule has 2 aromatic carbocycles. The fourth-order valence-corrected chi connectivity index (χ4v) is 1.93. The number of nitrogens with one attached hydrogen (secondary N) is 1. The molecule has 0 saturated heterocycles. The molecule has 0 spiro atoms. The number of amides is 1. The highest BCUT2D eigenvalue weighted by Gasteiger charge is 2.07. The number of hydrogen-bond acceptors (Lipinski definition) is 3. The second kappa shape index (κ2) is 6.15. The van der Waals surface area contributed by atoms with Crippen LogP contribution in [0.1, 0.15) is 15.9 Å². The third-order valence-corrected chi connectivity index (χ3v) is 3.12. The Balaban J connectivity index is 2.06. The van der Waals surface area contributed by atoms with Gasteiger partial charge in [0.1, 0.15) is 5.75 Å². The molecule has 0 aliphatic carbocycles. The summed E-state index contributed by atoms with van der Waals surface area (Å²) in [7, 11) is 0. The molecule has 0 unspecified atom stereocenters. The SMILES string of the molecule is O=C(NN=Cc1ccccc1O)c1ccccc1Br. The van der Waals surface area contributed by atoms with E-state index < -0.39 is 0 Å². The van der Waals surface area contributed by atoms with Crippen molar-refractivity contribution in [3.63, 3.8) is 0 Å². The number of nitrogens with zero attached hydrogens (tertiary/aromatic N) is 1. The maximum absolute atomic E-state index is 11.8. The van der Waals surface area contributed by atoms with Crippen LogP contribution in [0.25, 0.3) is 0 Å². The van der Waals surface area contributed by atoms with Crippen molar-refractivity contribution in [1.82, 2.24) is 5.43 Å². The number of para-hydroxylation sites is 1. The molecule has 96 valence electrons. The zero-order valence-corrected chi connectivity index (χ0v) is 11.5. The van der Waals surface area contributed by atoms with Crippen molar-refractivity contribution < 1.29 is 9.90 Å². The van der Waals surface area contributed by atoms with Crippen LogP contribution < -0.4 is 5.43 Å². The Morgan fingerprint density at radius 3 is 2.58 bits per heavy atom. The number of hydrazone groups is 1. The minimum absolute atomic E-state index is 0.112. The summed E-state index contributed by atoms with van der Waals surface area (Å²) in [5, 5.41) is 13.3. The molecule has 19 heavy (non-hydrogen) atoms. The lowest BCUT2D eigenvalue weighted by molar-refractivity contribution is 0.0954. The van der Waals surface area contributed by atoms with Crippen molar-refractivity contribution in [3.8, 4) is 5.75 Å². The first-order valence-corrected chi connectivity index (χ1v) is 6.33. The Morgan fingerprint density at radius 2 is 1.84 bits per heavy atom. The third-order valence-electron chi connectivity index (χ3n) is 2.42. The summed E-state index contributed by atoms with van der Waals surface area (Å²) in [6.07, 6.45) is 1.39. The monoisotopic (exact) mass is 318 g/mol. The number of carbonyl (C=O) groups excluding carboxylic acids is 1. The quantitative estimate of drug-likeness (QED) is 0.675. The van der Waals surface area contributed by atoms with Gasteiger partial charge in [0.2, 0.25) is 0 Å². The van der Waals surface area contributed by atoms with Gasteiger partial charge in [-0.1, -0.05) is 24.3 Å². The molecule has 2 aromatic rings. The highest BCUT2D eigenvalue weighted by molar-refractivity contribution is 9.10. The van der Waals surface area contributed by atoms with Crippen molar-refractivity contribution in [2.24, 2.45) is 5.10 Å². The lowest BCUT2D eigenvalue weighted by atomic mass is 10.2. The molecule has 2 N–H and O–H groups in total. The molecule has 5 heteroatoms. The van der Waals surface area contributed by atoms with E-state index in [1.54, 1.807) is 42.5 Å². The van der Waals surface area contributed by atoms with Gasteiger partial charge >= 0.3 is 0 Å². The normalized spacial score (nSPS) is 10.6. The molecule has 0 atom stereocenters. The number of phenols is 1. The minimum atomic E-state index is -0.320. The van der Waals surface area contributed by atoms with Crippen LogP contribution in [0.2, 0.25) is 0 Å². The highest BCUT2D eigenvalue weighted by atomic mass is 79.9. The Labute approximate surface area is 118 Å². The average Bonchev–Trinajstić information content (AvgIpc) is 2.41. The summed E-state index contributed by atoms with van der Waals surface area (Å²) < 4.78 is 0.699. The molecule has 0 radical (unpaired) electrons. The van der Waals surface area contributed by atoms with Crippen molar-refractivity contribution >= 4 is 28.1 Å². The van der Waals surface area contributed by atoms with Crippen molar-refractivity contribution in [3.05, 3.63) is 64.1 Å². The van der Waals surface area contributed by atoms with Crippen LogP contribution in [-0.2, 0) is 0 Å². The van der Waals surface area contributed by atoms with E-state index in [-0.39, 0.29) is 11.7 Å². The number of benzene rings is 2. The van der Waals surface area contributed by atoms with Crippen LogP contribution in [-0.4, -0.2) is 17.2 Å². The van der Waals surface area contributed by atoms with E-state index >= 15 is 0 Å². The van der Waals surface area contributed by atoms with Crippen molar-refractivity contribution in [2.45, 2.75) is 0 Å². The predicted molar refractivity (Wildman–Crippen MR) is 77.3 cm³/mol. The summed E-state index contributed by atoms with van der Waals surface area (Å²) >= 11 is 3.29. The smallest absolute Gasteiger partial charge is 0.272 e. The molecular weight excluding hydrogens is 308 g/mol. The molecule has 1 amide bonds. The van der Waals surface area contributed by atoms with Gasteiger partial charge in [-0.15, -0.1) is 0 Å². The van der Waals surface area contributed by atoms with Crippen LogP contribution >= 0.6 is 15.9 Å². The highest BCUT2D eigenvalue weighted by Crippen LogP contribution is 2.15. The van der Waals surface area contributed by atoms with Gasteiger partial charge in [0.05, 0.1) is 11.8 Å². The van der Waals surface area contributed by atoms with Crippen molar-refractivity contribution in [2.75, 3.05) is 0 Å². The van der Waals surface area contributed by atoms with Gasteiger partial charge in [-0.3, -0.25) is 4.79 Å². The fraction of sp³-hybridized carbons (Fsp3) is 0. The van der Waals surface area contributed by atoms with Crippen LogP contribution in [0.4, 0.5) is 0 Å². The van der Waals surface area contributed by atoms with E-state index in [2.05, 4.69) is 26.5 Å². The minimum Gasteiger partial charge on any atom is -0.507 e. The molecule has 0 heterocycles. The molecule has 0 fully saturated rings. The third kappa shape index (κ3) is 3.42. The summed E-state index contributed by atoms with van der Waals surface area (Å²) in [4.78, 5) is 11.8. The number of carbonyl (C=O) groups is 1. The summed E-state index contributed by atoms with van der Waals surface area (Å²) in [6, 6.07) is 13.8. The summed E-state index contributed by atoms with van der Waals surface area (Å²) in [6.45, 7) is 0. The number of halogens is 1. The largest absolute Gasteiger partial charge is 0.507 e. The van der Waals surface area contributed by atoms with Crippen LogP contribution in [0.5, 0.6) is 5.75 Å². The molecule has 2 rings (SSSR count). The Kier molecular flexibility index (Phi) is 4.30. The molecule has 0 saturated carbocycles. The van der Waals surface area contributed by atoms with E-state index in [1.165, 1.54) is 6.21 Å². The molecule has 4 nitrogen and oxygen atoms in total. The summed E-state index contributed by atoms with van der Waals surface area (Å²) in [5.41, 5.74) is 3.44. The maximum atomic E-state index is 11.8. The first-order valence-electron chi connectivity index (χ1n) is 5.54. The topological polar surface area (TPSA) is 61.7 Å². The van der Waals surface area contributed by atoms with Gasteiger partial charge < -0.3 is 5.11 Å². The Hall–Kier alpha value is -2.14. The van der Waals surface area contributed by atoms with E-state index in [1.807, 2.05) is 6.07 Å². The standard InChI is InChI=1S/C14H11BrN2O2/c15-12-7-3-2-6-11(12)14(19)17-16-9-10-5-1-4-8-13(10)18/h1-9,18H,(H,17,19). The molecule has 0 aromatic heterocycles. The number of phenolic OH excluding ortho intramolecular Hbond substituents is 1. The van der Waals surface area contributed by atoms with Gasteiger partial charge in [-0.25, -0.2) is 5.43 Å². The van der Waals surface area contributed by atoms with E-state index in [9.17, 15) is 9.90 Å². The Morgan fingerprint density at radius 1 is 1.16 bits per heavy atom. The lowest BCUT2D eigenvalue weighted by Crippen LogP contribution is -2.18. The van der Waals surface area contributed by atoms with Gasteiger partial charge in [0.15, 0.2) is 0 Å². The van der Waals surface area contributed by atoms with Gasteiger partial charge in [0.25, 0.3) is 5.91 Å². The zero-order chi connectivity index (χ0) is 13.7.